The van der Waals surface area contributed by atoms with Crippen molar-refractivity contribution in [2.45, 2.75) is 6.92 Å². The molecule has 1 rings (SSSR count). The Bertz CT molecular complexity index is 258. The summed E-state index contributed by atoms with van der Waals surface area (Å²) in [6.45, 7) is 7.00. The summed E-state index contributed by atoms with van der Waals surface area (Å²) in [6.07, 6.45) is 1.64. The molecule has 0 spiro atoms. The second-order valence-electron chi connectivity index (χ2n) is 3.00. The molecule has 0 radical (unpaired) electrons. The monoisotopic (exact) mass is 181 g/mol. The molecule has 0 saturated carbocycles. The van der Waals surface area contributed by atoms with Gasteiger partial charge in [0.05, 0.1) is 5.70 Å². The fourth-order valence-corrected chi connectivity index (χ4v) is 1.29. The van der Waals surface area contributed by atoms with Gasteiger partial charge in [0, 0.05) is 27.1 Å². The molecule has 0 bridgehead atoms. The number of hydrogen-bond acceptors (Lipinski definition) is 3. The molecule has 1 aliphatic heterocycles. The number of carbonyl (C=O) groups is 1. The Morgan fingerprint density at radius 1 is 1.77 bits per heavy atom. The minimum absolute atomic E-state index is 0.0792. The number of rotatable bonds is 2. The van der Waals surface area contributed by atoms with Gasteiger partial charge in [-0.25, -0.2) is 0 Å². The Balaban J connectivity index is 2.83. The fourth-order valence-electron chi connectivity index (χ4n) is 1.29. The van der Waals surface area contributed by atoms with E-state index in [1.54, 1.807) is 6.08 Å². The molecule has 1 heterocycles. The summed E-state index contributed by atoms with van der Waals surface area (Å²) in [7, 11) is 1.97. The molecule has 0 atom stereocenters. The van der Waals surface area contributed by atoms with Gasteiger partial charge < -0.3 is 15.5 Å². The van der Waals surface area contributed by atoms with E-state index < -0.39 is 0 Å². The lowest BCUT2D eigenvalue weighted by Gasteiger charge is -2.15. The van der Waals surface area contributed by atoms with Crippen LogP contribution in [0.2, 0.25) is 0 Å². The van der Waals surface area contributed by atoms with E-state index in [2.05, 4.69) is 17.2 Å². The average Bonchev–Trinajstić information content (AvgIpc) is 2.47. The first-order valence-corrected chi connectivity index (χ1v) is 4.24. The van der Waals surface area contributed by atoms with Gasteiger partial charge in [0.2, 0.25) is 5.91 Å². The molecule has 0 aromatic heterocycles. The highest BCUT2D eigenvalue weighted by Crippen LogP contribution is 2.08. The molecule has 1 saturated heterocycles. The summed E-state index contributed by atoms with van der Waals surface area (Å²) in [4.78, 5) is 12.9. The molecule has 1 amide bonds. The number of nitrogens with zero attached hydrogens (tertiary/aromatic N) is 1. The van der Waals surface area contributed by atoms with E-state index in [0.717, 1.165) is 24.6 Å². The largest absolute Gasteiger partial charge is 0.368 e. The SMILES string of the molecule is C=C/C(NC(C)=O)=C1/NCCN1C. The van der Waals surface area contributed by atoms with E-state index in [1.807, 2.05) is 11.9 Å². The van der Waals surface area contributed by atoms with Crippen LogP contribution >= 0.6 is 0 Å². The maximum Gasteiger partial charge on any atom is 0.221 e. The van der Waals surface area contributed by atoms with E-state index in [4.69, 9.17) is 0 Å². The third-order valence-electron chi connectivity index (χ3n) is 1.89. The second-order valence-corrected chi connectivity index (χ2v) is 3.00. The molecule has 0 unspecified atom stereocenters. The van der Waals surface area contributed by atoms with Gasteiger partial charge in [-0.2, -0.15) is 0 Å². The van der Waals surface area contributed by atoms with Crippen LogP contribution in [0.25, 0.3) is 0 Å². The van der Waals surface area contributed by atoms with Crippen molar-refractivity contribution in [3.05, 3.63) is 24.2 Å². The van der Waals surface area contributed by atoms with Crippen LogP contribution in [-0.4, -0.2) is 30.9 Å². The molecule has 72 valence electrons. The zero-order valence-electron chi connectivity index (χ0n) is 8.05. The molecule has 0 aromatic carbocycles. The average molecular weight is 181 g/mol. The molecule has 0 aromatic rings. The predicted octanol–water partition coefficient (Wildman–Crippen LogP) is 0.0126. The Labute approximate surface area is 78.3 Å². The number of nitrogens with one attached hydrogen (secondary N) is 2. The third-order valence-corrected chi connectivity index (χ3v) is 1.89. The van der Waals surface area contributed by atoms with Gasteiger partial charge in [-0.3, -0.25) is 4.79 Å². The molecule has 4 heteroatoms. The molecular weight excluding hydrogens is 166 g/mol. The summed E-state index contributed by atoms with van der Waals surface area (Å²) in [6, 6.07) is 0. The van der Waals surface area contributed by atoms with Gasteiger partial charge in [-0.15, -0.1) is 0 Å². The molecule has 1 aliphatic rings. The van der Waals surface area contributed by atoms with Gasteiger partial charge in [0.25, 0.3) is 0 Å². The molecule has 2 N–H and O–H groups in total. The summed E-state index contributed by atoms with van der Waals surface area (Å²) < 4.78 is 0. The summed E-state index contributed by atoms with van der Waals surface area (Å²) in [5.74, 6) is 0.856. The summed E-state index contributed by atoms with van der Waals surface area (Å²) in [5, 5.41) is 5.90. The smallest absolute Gasteiger partial charge is 0.221 e. The van der Waals surface area contributed by atoms with Crippen LogP contribution in [0.15, 0.2) is 24.2 Å². The lowest BCUT2D eigenvalue weighted by Crippen LogP contribution is -2.26. The molecule has 1 fully saturated rings. The van der Waals surface area contributed by atoms with E-state index in [1.165, 1.54) is 6.92 Å². The van der Waals surface area contributed by atoms with Crippen molar-refractivity contribution >= 4 is 5.91 Å². The Kier molecular flexibility index (Phi) is 2.95. The van der Waals surface area contributed by atoms with Gasteiger partial charge in [0.1, 0.15) is 5.82 Å². The Morgan fingerprint density at radius 3 is 2.85 bits per heavy atom. The molecule has 13 heavy (non-hydrogen) atoms. The fraction of sp³-hybridized carbons (Fsp3) is 0.444. The predicted molar refractivity (Wildman–Crippen MR) is 51.7 cm³/mol. The number of amides is 1. The van der Waals surface area contributed by atoms with Crippen molar-refractivity contribution in [2.75, 3.05) is 20.1 Å². The van der Waals surface area contributed by atoms with Crippen LogP contribution in [0, 0.1) is 0 Å². The van der Waals surface area contributed by atoms with Crippen LogP contribution < -0.4 is 10.6 Å². The van der Waals surface area contributed by atoms with Crippen molar-refractivity contribution in [2.24, 2.45) is 0 Å². The van der Waals surface area contributed by atoms with Crippen molar-refractivity contribution in [3.8, 4) is 0 Å². The van der Waals surface area contributed by atoms with Gasteiger partial charge in [-0.1, -0.05) is 6.58 Å². The number of carbonyl (C=O) groups excluding carboxylic acids is 1. The zero-order chi connectivity index (χ0) is 9.84. The van der Waals surface area contributed by atoms with Crippen LogP contribution in [0.4, 0.5) is 0 Å². The summed E-state index contributed by atoms with van der Waals surface area (Å²) in [5.41, 5.74) is 0.743. The van der Waals surface area contributed by atoms with Gasteiger partial charge >= 0.3 is 0 Å². The minimum atomic E-state index is -0.0792. The van der Waals surface area contributed by atoms with Crippen molar-refractivity contribution < 1.29 is 4.79 Å². The lowest BCUT2D eigenvalue weighted by atomic mass is 10.4. The van der Waals surface area contributed by atoms with E-state index in [-0.39, 0.29) is 5.91 Å². The zero-order valence-corrected chi connectivity index (χ0v) is 8.05. The Morgan fingerprint density at radius 2 is 2.46 bits per heavy atom. The topological polar surface area (TPSA) is 44.4 Å². The normalized spacial score (nSPS) is 19.4. The first-order chi connectivity index (χ1) is 6.15. The van der Waals surface area contributed by atoms with Crippen LogP contribution in [-0.2, 0) is 4.79 Å². The summed E-state index contributed by atoms with van der Waals surface area (Å²) >= 11 is 0. The third kappa shape index (κ3) is 2.24. The van der Waals surface area contributed by atoms with Crippen molar-refractivity contribution in [1.82, 2.24) is 15.5 Å². The van der Waals surface area contributed by atoms with Gasteiger partial charge in [-0.05, 0) is 6.08 Å². The number of likely N-dealkylation sites (N-methyl/N-ethyl adjacent to an activating group) is 1. The van der Waals surface area contributed by atoms with E-state index >= 15 is 0 Å². The van der Waals surface area contributed by atoms with Crippen LogP contribution in [0.3, 0.4) is 0 Å². The van der Waals surface area contributed by atoms with Crippen molar-refractivity contribution in [3.63, 3.8) is 0 Å². The maximum absolute atomic E-state index is 10.8. The first-order valence-electron chi connectivity index (χ1n) is 4.24. The number of allylic oxidation sites excluding steroid dienone is 1. The first kappa shape index (κ1) is 9.64. The van der Waals surface area contributed by atoms with E-state index in [0.29, 0.717) is 0 Å². The second kappa shape index (κ2) is 3.98. The van der Waals surface area contributed by atoms with Gasteiger partial charge in [0.15, 0.2) is 0 Å². The number of hydrogen-bond donors (Lipinski definition) is 2. The highest BCUT2D eigenvalue weighted by molar-refractivity contribution is 5.75. The lowest BCUT2D eigenvalue weighted by molar-refractivity contribution is -0.118. The highest BCUT2D eigenvalue weighted by Gasteiger charge is 2.15. The molecular formula is C9H15N3O. The minimum Gasteiger partial charge on any atom is -0.368 e. The maximum atomic E-state index is 10.8. The molecule has 0 aliphatic carbocycles. The standard InChI is InChI=1S/C9H15N3O/c1-4-8(11-7(2)13)9-10-5-6-12(9)3/h4,10H,1,5-6H2,2-3H3,(H,11,13)/b9-8+. The van der Waals surface area contributed by atoms with Crippen LogP contribution in [0.1, 0.15) is 6.92 Å². The Hall–Kier alpha value is -1.45. The quantitative estimate of drug-likeness (QED) is 0.631. The highest BCUT2D eigenvalue weighted by atomic mass is 16.1. The van der Waals surface area contributed by atoms with Crippen LogP contribution in [0.5, 0.6) is 0 Å². The van der Waals surface area contributed by atoms with E-state index in [9.17, 15) is 4.79 Å². The molecule has 4 nitrogen and oxygen atoms in total. The van der Waals surface area contributed by atoms with Crippen molar-refractivity contribution in [1.29, 1.82) is 0 Å².